The first-order chi connectivity index (χ1) is 8.67. The number of aromatic nitrogens is 2. The number of aliphatic hydroxyl groups is 1. The van der Waals surface area contributed by atoms with Crippen LogP contribution in [0.4, 0.5) is 4.39 Å². The second kappa shape index (κ2) is 4.98. The number of hydrogen-bond acceptors (Lipinski definition) is 3. The van der Waals surface area contributed by atoms with Crippen LogP contribution in [0.3, 0.4) is 0 Å². The van der Waals surface area contributed by atoms with Crippen LogP contribution in [-0.2, 0) is 6.61 Å². The van der Waals surface area contributed by atoms with Crippen molar-refractivity contribution < 1.29 is 9.50 Å². The molecule has 1 aromatic carbocycles. The summed E-state index contributed by atoms with van der Waals surface area (Å²) in [4.78, 5) is 3.95. The lowest BCUT2D eigenvalue weighted by molar-refractivity contribution is 0.269. The average molecular weight is 245 g/mol. The van der Waals surface area contributed by atoms with Crippen LogP contribution in [0, 0.1) is 17.1 Å². The molecule has 4 nitrogen and oxygen atoms in total. The van der Waals surface area contributed by atoms with Gasteiger partial charge in [0.15, 0.2) is 0 Å². The predicted molar refractivity (Wildman–Crippen MR) is 63.1 cm³/mol. The molecule has 2 aromatic rings. The third-order valence-electron chi connectivity index (χ3n) is 2.92. The molecule has 18 heavy (non-hydrogen) atoms. The summed E-state index contributed by atoms with van der Waals surface area (Å²) in [6, 6.07) is 6.12. The van der Waals surface area contributed by atoms with E-state index >= 15 is 0 Å². The maximum Gasteiger partial charge on any atom is 0.141 e. The lowest BCUT2D eigenvalue weighted by Gasteiger charge is -2.16. The quantitative estimate of drug-likeness (QED) is 0.899. The van der Waals surface area contributed by atoms with E-state index < -0.39 is 5.82 Å². The van der Waals surface area contributed by atoms with E-state index in [0.29, 0.717) is 5.69 Å². The molecule has 0 saturated carbocycles. The highest BCUT2D eigenvalue weighted by Gasteiger charge is 2.13. The van der Waals surface area contributed by atoms with Gasteiger partial charge < -0.3 is 9.67 Å². The zero-order valence-corrected chi connectivity index (χ0v) is 9.84. The SMILES string of the molecule is C[C@H](c1ccc(C#N)c(F)c1)n1cncc1CO. The summed E-state index contributed by atoms with van der Waals surface area (Å²) in [6.07, 6.45) is 3.16. The topological polar surface area (TPSA) is 61.8 Å². The first kappa shape index (κ1) is 12.3. The molecular formula is C13H12FN3O. The van der Waals surface area contributed by atoms with Gasteiger partial charge in [0.25, 0.3) is 0 Å². The molecule has 1 N–H and O–H groups in total. The van der Waals surface area contributed by atoms with Gasteiger partial charge in [-0.2, -0.15) is 5.26 Å². The molecule has 2 rings (SSSR count). The van der Waals surface area contributed by atoms with Gasteiger partial charge in [-0.05, 0) is 24.6 Å². The number of nitrogens with zero attached hydrogens (tertiary/aromatic N) is 3. The van der Waals surface area contributed by atoms with Crippen molar-refractivity contribution in [3.05, 3.63) is 53.4 Å². The van der Waals surface area contributed by atoms with Gasteiger partial charge in [-0.15, -0.1) is 0 Å². The lowest BCUT2D eigenvalue weighted by Crippen LogP contribution is -2.09. The molecule has 0 saturated heterocycles. The van der Waals surface area contributed by atoms with Gasteiger partial charge in [0.2, 0.25) is 0 Å². The van der Waals surface area contributed by atoms with Crippen LogP contribution in [0.5, 0.6) is 0 Å². The van der Waals surface area contributed by atoms with E-state index in [1.54, 1.807) is 29.2 Å². The van der Waals surface area contributed by atoms with Gasteiger partial charge in [-0.1, -0.05) is 6.07 Å². The number of aliphatic hydroxyl groups excluding tert-OH is 1. The standard InChI is InChI=1S/C13H12FN3O/c1-9(17-8-16-6-12(17)7-18)10-2-3-11(5-15)13(14)4-10/h2-4,6,8-9,18H,7H2,1H3/t9-/m1/s1. The third-order valence-corrected chi connectivity index (χ3v) is 2.92. The fourth-order valence-corrected chi connectivity index (χ4v) is 1.85. The summed E-state index contributed by atoms with van der Waals surface area (Å²) >= 11 is 0. The van der Waals surface area contributed by atoms with Crippen LogP contribution in [0.2, 0.25) is 0 Å². The molecule has 0 aliphatic carbocycles. The Kier molecular flexibility index (Phi) is 3.40. The molecule has 92 valence electrons. The summed E-state index contributed by atoms with van der Waals surface area (Å²) in [5, 5.41) is 17.8. The molecule has 1 heterocycles. The summed E-state index contributed by atoms with van der Waals surface area (Å²) in [7, 11) is 0. The zero-order valence-electron chi connectivity index (χ0n) is 9.84. The number of rotatable bonds is 3. The van der Waals surface area contributed by atoms with Crippen LogP contribution in [-0.4, -0.2) is 14.7 Å². The van der Waals surface area contributed by atoms with Gasteiger partial charge in [0, 0.05) is 0 Å². The molecular weight excluding hydrogens is 233 g/mol. The number of halogens is 1. The van der Waals surface area contributed by atoms with Crippen LogP contribution < -0.4 is 0 Å². The van der Waals surface area contributed by atoms with E-state index in [0.717, 1.165) is 5.56 Å². The minimum atomic E-state index is -0.535. The Bertz CT molecular complexity index is 601. The van der Waals surface area contributed by atoms with Crippen molar-refractivity contribution in [3.63, 3.8) is 0 Å². The molecule has 1 aromatic heterocycles. The van der Waals surface area contributed by atoms with Crippen LogP contribution >= 0.6 is 0 Å². The van der Waals surface area contributed by atoms with E-state index in [1.807, 2.05) is 6.92 Å². The van der Waals surface area contributed by atoms with Gasteiger partial charge in [-0.3, -0.25) is 0 Å². The maximum absolute atomic E-state index is 13.5. The van der Waals surface area contributed by atoms with Gasteiger partial charge in [0.05, 0.1) is 36.4 Å². The highest BCUT2D eigenvalue weighted by molar-refractivity contribution is 5.34. The Morgan fingerprint density at radius 1 is 1.56 bits per heavy atom. The Hall–Kier alpha value is -2.19. The number of nitriles is 1. The molecule has 0 bridgehead atoms. The van der Waals surface area contributed by atoms with Gasteiger partial charge >= 0.3 is 0 Å². The Morgan fingerprint density at radius 3 is 2.94 bits per heavy atom. The van der Waals surface area contributed by atoms with E-state index in [-0.39, 0.29) is 18.2 Å². The first-order valence-corrected chi connectivity index (χ1v) is 5.48. The van der Waals surface area contributed by atoms with Crippen molar-refractivity contribution >= 4 is 0 Å². The summed E-state index contributed by atoms with van der Waals surface area (Å²) < 4.78 is 15.3. The first-order valence-electron chi connectivity index (χ1n) is 5.48. The molecule has 1 atom stereocenters. The largest absolute Gasteiger partial charge is 0.390 e. The molecule has 0 radical (unpaired) electrons. The number of hydrogen-bond donors (Lipinski definition) is 1. The summed E-state index contributed by atoms with van der Waals surface area (Å²) in [5.41, 5.74) is 1.41. The number of benzene rings is 1. The Balaban J connectivity index is 2.38. The van der Waals surface area contributed by atoms with E-state index in [2.05, 4.69) is 4.98 Å². The molecule has 0 fully saturated rings. The van der Waals surface area contributed by atoms with E-state index in [1.165, 1.54) is 12.1 Å². The molecule has 0 amide bonds. The van der Waals surface area contributed by atoms with Gasteiger partial charge in [-0.25, -0.2) is 9.37 Å². The highest BCUT2D eigenvalue weighted by Crippen LogP contribution is 2.21. The summed E-state index contributed by atoms with van der Waals surface area (Å²) in [5.74, 6) is -0.535. The van der Waals surface area contributed by atoms with Crippen molar-refractivity contribution in [2.75, 3.05) is 0 Å². The fourth-order valence-electron chi connectivity index (χ4n) is 1.85. The van der Waals surface area contributed by atoms with Crippen LogP contribution in [0.25, 0.3) is 0 Å². The normalized spacial score (nSPS) is 12.1. The van der Waals surface area contributed by atoms with Crippen molar-refractivity contribution in [2.24, 2.45) is 0 Å². The zero-order chi connectivity index (χ0) is 13.1. The molecule has 0 aliphatic heterocycles. The molecule has 0 spiro atoms. The highest BCUT2D eigenvalue weighted by atomic mass is 19.1. The minimum absolute atomic E-state index is 0.0268. The molecule has 0 aliphatic rings. The van der Waals surface area contributed by atoms with Crippen molar-refractivity contribution in [2.45, 2.75) is 19.6 Å². The van der Waals surface area contributed by atoms with E-state index in [9.17, 15) is 4.39 Å². The molecule has 0 unspecified atom stereocenters. The van der Waals surface area contributed by atoms with Crippen LogP contribution in [0.1, 0.15) is 29.8 Å². The lowest BCUT2D eigenvalue weighted by atomic mass is 10.1. The second-order valence-electron chi connectivity index (χ2n) is 3.98. The monoisotopic (exact) mass is 245 g/mol. The van der Waals surface area contributed by atoms with Crippen LogP contribution in [0.15, 0.2) is 30.7 Å². The van der Waals surface area contributed by atoms with E-state index in [4.69, 9.17) is 10.4 Å². The number of imidazole rings is 1. The van der Waals surface area contributed by atoms with Crippen molar-refractivity contribution in [3.8, 4) is 6.07 Å². The Labute approximate surface area is 104 Å². The molecule has 5 heteroatoms. The van der Waals surface area contributed by atoms with Crippen molar-refractivity contribution in [1.82, 2.24) is 9.55 Å². The minimum Gasteiger partial charge on any atom is -0.390 e. The average Bonchev–Trinajstić information content (AvgIpc) is 2.86. The predicted octanol–water partition coefficient (Wildman–Crippen LogP) is 2.00. The Morgan fingerprint density at radius 2 is 2.33 bits per heavy atom. The summed E-state index contributed by atoms with van der Waals surface area (Å²) in [6.45, 7) is 1.75. The van der Waals surface area contributed by atoms with Gasteiger partial charge in [0.1, 0.15) is 11.9 Å². The van der Waals surface area contributed by atoms with Crippen molar-refractivity contribution in [1.29, 1.82) is 5.26 Å². The smallest absolute Gasteiger partial charge is 0.141 e. The fraction of sp³-hybridized carbons (Fsp3) is 0.231. The maximum atomic E-state index is 13.5. The second-order valence-corrected chi connectivity index (χ2v) is 3.98. The third kappa shape index (κ3) is 2.11.